The van der Waals surface area contributed by atoms with Crippen LogP contribution in [0.2, 0.25) is 0 Å². The predicted octanol–water partition coefficient (Wildman–Crippen LogP) is 3.53. The lowest BCUT2D eigenvalue weighted by molar-refractivity contribution is 0.189. The maximum absolute atomic E-state index is 6.03. The summed E-state index contributed by atoms with van der Waals surface area (Å²) in [4.78, 5) is 0. The van der Waals surface area contributed by atoms with E-state index in [1.807, 2.05) is 25.1 Å². The van der Waals surface area contributed by atoms with Crippen molar-refractivity contribution in [3.63, 3.8) is 0 Å². The van der Waals surface area contributed by atoms with Crippen molar-refractivity contribution in [1.82, 2.24) is 0 Å². The number of hydrogen-bond acceptors (Lipinski definition) is 3. The van der Waals surface area contributed by atoms with Crippen LogP contribution in [0, 0.1) is 17.8 Å². The van der Waals surface area contributed by atoms with Gasteiger partial charge in [0, 0.05) is 6.04 Å². The number of nitrogens with two attached hydrogens (primary N) is 1. The van der Waals surface area contributed by atoms with Gasteiger partial charge in [-0.1, -0.05) is 12.5 Å². The SMILES string of the molecule is COc1cc(C(C)N)ccc1OCC1CC2CCC1C2. The van der Waals surface area contributed by atoms with Crippen LogP contribution in [0.15, 0.2) is 18.2 Å². The van der Waals surface area contributed by atoms with E-state index in [2.05, 4.69) is 0 Å². The molecule has 3 heteroatoms. The van der Waals surface area contributed by atoms with E-state index in [4.69, 9.17) is 15.2 Å². The van der Waals surface area contributed by atoms with E-state index in [1.165, 1.54) is 25.7 Å². The maximum Gasteiger partial charge on any atom is 0.161 e. The lowest BCUT2D eigenvalue weighted by atomic mass is 9.89. The molecule has 2 N–H and O–H groups in total. The standard InChI is InChI=1S/C17H25NO2/c1-11(18)13-5-6-16(17(9-13)19-2)20-10-15-8-12-3-4-14(15)7-12/h5-6,9,11-12,14-15H,3-4,7-8,10,18H2,1-2H3. The average Bonchev–Trinajstić information content (AvgIpc) is 3.07. The highest BCUT2D eigenvalue weighted by atomic mass is 16.5. The first kappa shape index (κ1) is 13.7. The van der Waals surface area contributed by atoms with Crippen LogP contribution < -0.4 is 15.2 Å². The zero-order chi connectivity index (χ0) is 14.1. The van der Waals surface area contributed by atoms with E-state index < -0.39 is 0 Å². The van der Waals surface area contributed by atoms with Gasteiger partial charge in [-0.15, -0.1) is 0 Å². The first-order valence-corrected chi connectivity index (χ1v) is 7.73. The van der Waals surface area contributed by atoms with Crippen LogP contribution in [0.3, 0.4) is 0 Å². The quantitative estimate of drug-likeness (QED) is 0.894. The molecule has 0 heterocycles. The van der Waals surface area contributed by atoms with Gasteiger partial charge in [-0.05, 0) is 61.6 Å². The molecular weight excluding hydrogens is 250 g/mol. The van der Waals surface area contributed by atoms with Crippen molar-refractivity contribution < 1.29 is 9.47 Å². The molecule has 2 saturated carbocycles. The van der Waals surface area contributed by atoms with E-state index in [9.17, 15) is 0 Å². The third kappa shape index (κ3) is 2.64. The van der Waals surface area contributed by atoms with Crippen LogP contribution in [-0.2, 0) is 0 Å². The summed E-state index contributed by atoms with van der Waals surface area (Å²) >= 11 is 0. The molecule has 0 aromatic heterocycles. The molecule has 2 aliphatic rings. The first-order chi connectivity index (χ1) is 9.67. The number of ether oxygens (including phenoxy) is 2. The summed E-state index contributed by atoms with van der Waals surface area (Å²) in [5.74, 6) is 4.25. The second kappa shape index (κ2) is 5.65. The van der Waals surface area contributed by atoms with Gasteiger partial charge in [-0.2, -0.15) is 0 Å². The van der Waals surface area contributed by atoms with Crippen molar-refractivity contribution in [2.24, 2.45) is 23.5 Å². The topological polar surface area (TPSA) is 44.5 Å². The number of benzene rings is 1. The van der Waals surface area contributed by atoms with E-state index in [1.54, 1.807) is 7.11 Å². The fourth-order valence-electron chi connectivity index (χ4n) is 3.86. The molecule has 1 aromatic carbocycles. The molecule has 20 heavy (non-hydrogen) atoms. The zero-order valence-electron chi connectivity index (χ0n) is 12.5. The lowest BCUT2D eigenvalue weighted by Crippen LogP contribution is -2.18. The monoisotopic (exact) mass is 275 g/mol. The Morgan fingerprint density at radius 3 is 2.70 bits per heavy atom. The van der Waals surface area contributed by atoms with Crippen LogP contribution in [0.1, 0.15) is 44.2 Å². The van der Waals surface area contributed by atoms with Crippen molar-refractivity contribution >= 4 is 0 Å². The van der Waals surface area contributed by atoms with Crippen molar-refractivity contribution in [2.45, 2.75) is 38.6 Å². The summed E-state index contributed by atoms with van der Waals surface area (Å²) in [6.07, 6.45) is 5.62. The van der Waals surface area contributed by atoms with Crippen molar-refractivity contribution in [1.29, 1.82) is 0 Å². The highest BCUT2D eigenvalue weighted by Crippen LogP contribution is 2.48. The van der Waals surface area contributed by atoms with Gasteiger partial charge in [0.2, 0.25) is 0 Å². The fourth-order valence-corrected chi connectivity index (χ4v) is 3.86. The minimum absolute atomic E-state index is 0.0171. The van der Waals surface area contributed by atoms with Crippen LogP contribution in [0.4, 0.5) is 0 Å². The smallest absolute Gasteiger partial charge is 0.161 e. The average molecular weight is 275 g/mol. The van der Waals surface area contributed by atoms with Crippen molar-refractivity contribution in [3.8, 4) is 11.5 Å². The molecule has 1 aromatic rings. The van der Waals surface area contributed by atoms with E-state index in [0.717, 1.165) is 41.4 Å². The summed E-state index contributed by atoms with van der Waals surface area (Å²) in [5, 5.41) is 0. The molecule has 4 atom stereocenters. The van der Waals surface area contributed by atoms with Crippen LogP contribution in [-0.4, -0.2) is 13.7 Å². The van der Waals surface area contributed by atoms with Gasteiger partial charge < -0.3 is 15.2 Å². The molecule has 0 amide bonds. The Morgan fingerprint density at radius 2 is 2.10 bits per heavy atom. The molecule has 2 bridgehead atoms. The van der Waals surface area contributed by atoms with Gasteiger partial charge in [-0.25, -0.2) is 0 Å². The summed E-state index contributed by atoms with van der Waals surface area (Å²) in [6.45, 7) is 2.81. The first-order valence-electron chi connectivity index (χ1n) is 7.73. The van der Waals surface area contributed by atoms with Gasteiger partial charge >= 0.3 is 0 Å². The van der Waals surface area contributed by atoms with E-state index in [-0.39, 0.29) is 6.04 Å². The third-order valence-electron chi connectivity index (χ3n) is 5.05. The van der Waals surface area contributed by atoms with Gasteiger partial charge in [0.15, 0.2) is 11.5 Å². The molecule has 0 radical (unpaired) electrons. The van der Waals surface area contributed by atoms with Crippen molar-refractivity contribution in [2.75, 3.05) is 13.7 Å². The molecular formula is C17H25NO2. The second-order valence-corrected chi connectivity index (χ2v) is 6.44. The van der Waals surface area contributed by atoms with Crippen LogP contribution >= 0.6 is 0 Å². The molecule has 3 rings (SSSR count). The van der Waals surface area contributed by atoms with Gasteiger partial charge in [0.1, 0.15) is 0 Å². The minimum atomic E-state index is 0.0171. The van der Waals surface area contributed by atoms with Crippen LogP contribution in [0.25, 0.3) is 0 Å². The van der Waals surface area contributed by atoms with Gasteiger partial charge in [-0.3, -0.25) is 0 Å². The van der Waals surface area contributed by atoms with Crippen molar-refractivity contribution in [3.05, 3.63) is 23.8 Å². The van der Waals surface area contributed by atoms with E-state index in [0.29, 0.717) is 0 Å². The highest BCUT2D eigenvalue weighted by molar-refractivity contribution is 5.43. The zero-order valence-corrected chi connectivity index (χ0v) is 12.5. The van der Waals surface area contributed by atoms with E-state index >= 15 is 0 Å². The molecule has 110 valence electrons. The molecule has 3 nitrogen and oxygen atoms in total. The second-order valence-electron chi connectivity index (χ2n) is 6.44. The summed E-state index contributed by atoms with van der Waals surface area (Å²) in [7, 11) is 1.69. The molecule has 0 saturated heterocycles. The Balaban J connectivity index is 1.65. The number of fused-ring (bicyclic) bond motifs is 2. The predicted molar refractivity (Wildman–Crippen MR) is 80.0 cm³/mol. The Morgan fingerprint density at radius 1 is 1.25 bits per heavy atom. The lowest BCUT2D eigenvalue weighted by Gasteiger charge is -2.22. The Labute approximate surface area is 121 Å². The number of methoxy groups -OCH3 is 1. The Bertz CT molecular complexity index is 472. The van der Waals surface area contributed by atoms with Gasteiger partial charge in [0.05, 0.1) is 13.7 Å². The number of hydrogen-bond donors (Lipinski definition) is 1. The number of rotatable bonds is 5. The Hall–Kier alpha value is -1.22. The molecule has 2 fully saturated rings. The molecule has 0 aliphatic heterocycles. The molecule has 4 unspecified atom stereocenters. The van der Waals surface area contributed by atoms with Gasteiger partial charge in [0.25, 0.3) is 0 Å². The molecule has 0 spiro atoms. The summed E-state index contributed by atoms with van der Waals surface area (Å²) in [5.41, 5.74) is 6.98. The highest BCUT2D eigenvalue weighted by Gasteiger charge is 2.39. The third-order valence-corrected chi connectivity index (χ3v) is 5.05. The normalized spacial score (nSPS) is 29.4. The fraction of sp³-hybridized carbons (Fsp3) is 0.647. The Kier molecular flexibility index (Phi) is 3.88. The molecule has 2 aliphatic carbocycles. The largest absolute Gasteiger partial charge is 0.493 e. The maximum atomic E-state index is 6.03. The summed E-state index contributed by atoms with van der Waals surface area (Å²) < 4.78 is 11.5. The van der Waals surface area contributed by atoms with Crippen LogP contribution in [0.5, 0.6) is 11.5 Å². The summed E-state index contributed by atoms with van der Waals surface area (Å²) in [6, 6.07) is 6.03. The minimum Gasteiger partial charge on any atom is -0.493 e.